The van der Waals surface area contributed by atoms with Crippen molar-refractivity contribution in [2.45, 2.75) is 0 Å². The zero-order valence-electron chi connectivity index (χ0n) is 12.2. The van der Waals surface area contributed by atoms with E-state index >= 15 is 0 Å². The van der Waals surface area contributed by atoms with Crippen LogP contribution in [0.4, 0.5) is 11.4 Å². The van der Waals surface area contributed by atoms with Crippen molar-refractivity contribution >= 4 is 17.3 Å². The number of hydrogen-bond acceptors (Lipinski definition) is 4. The number of carbonyl (C=O) groups is 1. The topological polar surface area (TPSA) is 75.5 Å². The number of rotatable bonds is 6. The first-order valence-corrected chi connectivity index (χ1v) is 6.89. The molecule has 6 nitrogen and oxygen atoms in total. The van der Waals surface area contributed by atoms with E-state index in [0.717, 1.165) is 5.69 Å². The number of nitrogens with one attached hydrogen (secondary N) is 1. The third-order valence-electron chi connectivity index (χ3n) is 3.22. The minimum atomic E-state index is -0.482. The van der Waals surface area contributed by atoms with Crippen LogP contribution in [0.3, 0.4) is 0 Å². The molecule has 22 heavy (non-hydrogen) atoms. The number of nitrogens with zero attached hydrogens (tertiary/aromatic N) is 2. The summed E-state index contributed by atoms with van der Waals surface area (Å²) in [5.41, 5.74) is 1.18. The summed E-state index contributed by atoms with van der Waals surface area (Å²) < 4.78 is 0. The van der Waals surface area contributed by atoms with Crippen LogP contribution in [-0.2, 0) is 0 Å². The highest BCUT2D eigenvalue weighted by molar-refractivity contribution is 6.06. The predicted octanol–water partition coefficient (Wildman–Crippen LogP) is 2.46. The van der Waals surface area contributed by atoms with Gasteiger partial charge in [-0.05, 0) is 31.3 Å². The zero-order chi connectivity index (χ0) is 15.9. The molecule has 0 saturated heterocycles. The summed E-state index contributed by atoms with van der Waals surface area (Å²) >= 11 is 0. The van der Waals surface area contributed by atoms with Gasteiger partial charge in [0.15, 0.2) is 0 Å². The van der Waals surface area contributed by atoms with Gasteiger partial charge in [-0.1, -0.05) is 18.2 Å². The molecule has 2 aromatic carbocycles. The van der Waals surface area contributed by atoms with E-state index < -0.39 is 4.92 Å². The molecule has 0 radical (unpaired) electrons. The fourth-order valence-electron chi connectivity index (χ4n) is 2.06. The molecule has 0 spiro atoms. The van der Waals surface area contributed by atoms with Crippen LogP contribution in [0.15, 0.2) is 54.6 Å². The number of carbonyl (C=O) groups excluding carboxylic acids is 1. The summed E-state index contributed by atoms with van der Waals surface area (Å²) in [6.45, 7) is 1.16. The Kier molecular flexibility index (Phi) is 5.21. The Hall–Kier alpha value is -2.73. The maximum atomic E-state index is 12.7. The van der Waals surface area contributed by atoms with Gasteiger partial charge >= 0.3 is 0 Å². The summed E-state index contributed by atoms with van der Waals surface area (Å²) in [4.78, 5) is 24.5. The fourth-order valence-corrected chi connectivity index (χ4v) is 2.06. The summed E-state index contributed by atoms with van der Waals surface area (Å²) in [6.07, 6.45) is 0. The number of para-hydroxylation sites is 1. The second-order valence-electron chi connectivity index (χ2n) is 4.70. The lowest BCUT2D eigenvalue weighted by Gasteiger charge is -2.22. The standard InChI is InChI=1S/C16H17N3O3/c1-17-11-12-18(14-5-3-2-4-6-14)16(20)13-7-9-15(10-8-13)19(21)22/h2-10,17H,11-12H2,1H3. The summed E-state index contributed by atoms with van der Waals surface area (Å²) in [5, 5.41) is 13.7. The van der Waals surface area contributed by atoms with E-state index in [-0.39, 0.29) is 11.6 Å². The fraction of sp³-hybridized carbons (Fsp3) is 0.188. The molecule has 0 aliphatic rings. The first-order chi connectivity index (χ1) is 10.6. The van der Waals surface area contributed by atoms with Crippen molar-refractivity contribution in [2.24, 2.45) is 0 Å². The number of non-ortho nitro benzene ring substituents is 1. The van der Waals surface area contributed by atoms with Crippen molar-refractivity contribution in [3.8, 4) is 0 Å². The molecule has 0 saturated carbocycles. The lowest BCUT2D eigenvalue weighted by Crippen LogP contribution is -2.36. The van der Waals surface area contributed by atoms with E-state index in [1.807, 2.05) is 37.4 Å². The lowest BCUT2D eigenvalue weighted by molar-refractivity contribution is -0.384. The molecule has 114 valence electrons. The Balaban J connectivity index is 2.26. The van der Waals surface area contributed by atoms with Crippen LogP contribution in [0.2, 0.25) is 0 Å². The molecule has 0 fully saturated rings. The third kappa shape index (κ3) is 3.67. The Morgan fingerprint density at radius 2 is 1.77 bits per heavy atom. The number of likely N-dealkylation sites (N-methyl/N-ethyl adjacent to an activating group) is 1. The Morgan fingerprint density at radius 3 is 2.32 bits per heavy atom. The van der Waals surface area contributed by atoms with E-state index in [4.69, 9.17) is 0 Å². The smallest absolute Gasteiger partial charge is 0.269 e. The third-order valence-corrected chi connectivity index (χ3v) is 3.22. The summed E-state index contributed by atoms with van der Waals surface area (Å²) in [5.74, 6) is -0.184. The first kappa shape index (κ1) is 15.7. The lowest BCUT2D eigenvalue weighted by atomic mass is 10.1. The number of benzene rings is 2. The van der Waals surface area contributed by atoms with E-state index in [1.165, 1.54) is 24.3 Å². The quantitative estimate of drug-likeness (QED) is 0.656. The van der Waals surface area contributed by atoms with Gasteiger partial charge in [0.25, 0.3) is 11.6 Å². The monoisotopic (exact) mass is 299 g/mol. The van der Waals surface area contributed by atoms with Crippen molar-refractivity contribution in [3.05, 3.63) is 70.3 Å². The van der Waals surface area contributed by atoms with Gasteiger partial charge in [0.05, 0.1) is 4.92 Å². The van der Waals surface area contributed by atoms with E-state index in [9.17, 15) is 14.9 Å². The van der Waals surface area contributed by atoms with Crippen LogP contribution in [0, 0.1) is 10.1 Å². The normalized spacial score (nSPS) is 10.2. The van der Waals surface area contributed by atoms with Crippen LogP contribution in [0.1, 0.15) is 10.4 Å². The molecule has 0 aromatic heterocycles. The average molecular weight is 299 g/mol. The van der Waals surface area contributed by atoms with Gasteiger partial charge < -0.3 is 10.2 Å². The van der Waals surface area contributed by atoms with E-state index in [2.05, 4.69) is 5.32 Å². The predicted molar refractivity (Wildman–Crippen MR) is 85.1 cm³/mol. The second-order valence-corrected chi connectivity index (χ2v) is 4.70. The van der Waals surface area contributed by atoms with Gasteiger partial charge in [-0.15, -0.1) is 0 Å². The van der Waals surface area contributed by atoms with Crippen LogP contribution in [0.25, 0.3) is 0 Å². The molecule has 2 aromatic rings. The Morgan fingerprint density at radius 1 is 1.14 bits per heavy atom. The van der Waals surface area contributed by atoms with E-state index in [0.29, 0.717) is 18.7 Å². The number of nitro groups is 1. The molecular weight excluding hydrogens is 282 g/mol. The summed E-state index contributed by atoms with van der Waals surface area (Å²) in [6, 6.07) is 15.0. The van der Waals surface area contributed by atoms with Crippen molar-refractivity contribution in [2.75, 3.05) is 25.0 Å². The molecular formula is C16H17N3O3. The summed E-state index contributed by atoms with van der Waals surface area (Å²) in [7, 11) is 1.82. The highest BCUT2D eigenvalue weighted by Gasteiger charge is 2.18. The van der Waals surface area contributed by atoms with E-state index in [1.54, 1.807) is 4.90 Å². The van der Waals surface area contributed by atoms with Gasteiger partial charge in [0, 0.05) is 36.5 Å². The Bertz CT molecular complexity index is 641. The average Bonchev–Trinajstić information content (AvgIpc) is 2.56. The molecule has 0 aliphatic heterocycles. The first-order valence-electron chi connectivity index (χ1n) is 6.89. The Labute approximate surface area is 128 Å². The van der Waals surface area contributed by atoms with Gasteiger partial charge in [-0.25, -0.2) is 0 Å². The number of nitro benzene ring substituents is 1. The van der Waals surface area contributed by atoms with Crippen molar-refractivity contribution in [3.63, 3.8) is 0 Å². The maximum absolute atomic E-state index is 12.7. The minimum absolute atomic E-state index is 0.0296. The highest BCUT2D eigenvalue weighted by Crippen LogP contribution is 2.18. The highest BCUT2D eigenvalue weighted by atomic mass is 16.6. The van der Waals surface area contributed by atoms with Crippen LogP contribution in [0.5, 0.6) is 0 Å². The molecule has 0 unspecified atom stereocenters. The number of amides is 1. The molecule has 1 N–H and O–H groups in total. The molecule has 6 heteroatoms. The molecule has 0 atom stereocenters. The SMILES string of the molecule is CNCCN(C(=O)c1ccc([N+](=O)[O-])cc1)c1ccccc1. The van der Waals surface area contributed by atoms with Crippen LogP contribution >= 0.6 is 0 Å². The maximum Gasteiger partial charge on any atom is 0.269 e. The number of hydrogen-bond donors (Lipinski definition) is 1. The minimum Gasteiger partial charge on any atom is -0.318 e. The van der Waals surface area contributed by atoms with Crippen molar-refractivity contribution in [1.29, 1.82) is 0 Å². The molecule has 2 rings (SSSR count). The van der Waals surface area contributed by atoms with Crippen LogP contribution in [-0.4, -0.2) is 31.0 Å². The van der Waals surface area contributed by atoms with Crippen molar-refractivity contribution in [1.82, 2.24) is 5.32 Å². The molecule has 0 aliphatic carbocycles. The van der Waals surface area contributed by atoms with Gasteiger partial charge in [-0.2, -0.15) is 0 Å². The largest absolute Gasteiger partial charge is 0.318 e. The molecule has 0 heterocycles. The molecule has 1 amide bonds. The molecule has 0 bridgehead atoms. The van der Waals surface area contributed by atoms with Gasteiger partial charge in [0.2, 0.25) is 0 Å². The van der Waals surface area contributed by atoms with Gasteiger partial charge in [-0.3, -0.25) is 14.9 Å². The van der Waals surface area contributed by atoms with Crippen LogP contribution < -0.4 is 10.2 Å². The van der Waals surface area contributed by atoms with Gasteiger partial charge in [0.1, 0.15) is 0 Å². The number of anilines is 1. The van der Waals surface area contributed by atoms with Crippen molar-refractivity contribution < 1.29 is 9.72 Å². The second kappa shape index (κ2) is 7.33. The zero-order valence-corrected chi connectivity index (χ0v) is 12.2.